The Morgan fingerprint density at radius 1 is 0.600 bits per heavy atom. The Hall–Kier alpha value is -5.87. The fourth-order valence-electron chi connectivity index (χ4n) is 5.64. The number of hydrogen-bond donors (Lipinski definition) is 0. The molecule has 0 fully saturated rings. The maximum absolute atomic E-state index is 13.6. The van der Waals surface area contributed by atoms with E-state index in [1.165, 1.54) is 0 Å². The van der Waals surface area contributed by atoms with E-state index in [9.17, 15) is 9.59 Å². The molecule has 5 aromatic carbocycles. The van der Waals surface area contributed by atoms with Crippen molar-refractivity contribution in [1.82, 2.24) is 0 Å². The summed E-state index contributed by atoms with van der Waals surface area (Å²) in [6.07, 6.45) is 5.64. The maximum atomic E-state index is 13.6. The van der Waals surface area contributed by atoms with Crippen LogP contribution >= 0.6 is 0 Å². The highest BCUT2D eigenvalue weighted by Crippen LogP contribution is 2.33. The highest BCUT2D eigenvalue weighted by atomic mass is 16.5. The van der Waals surface area contributed by atoms with Crippen molar-refractivity contribution in [3.63, 3.8) is 0 Å². The molecule has 4 nitrogen and oxygen atoms in total. The predicted molar refractivity (Wildman–Crippen MR) is 181 cm³/mol. The number of rotatable bonds is 6. The van der Waals surface area contributed by atoms with E-state index in [0.717, 1.165) is 27.8 Å². The molecule has 0 N–H and O–H groups in total. The molecule has 0 aliphatic carbocycles. The second-order valence-corrected chi connectivity index (χ2v) is 11.0. The molecule has 7 rings (SSSR count). The van der Waals surface area contributed by atoms with Crippen LogP contribution in [0.2, 0.25) is 0 Å². The highest BCUT2D eigenvalue weighted by Gasteiger charge is 2.23. The second kappa shape index (κ2) is 12.0. The van der Waals surface area contributed by atoms with Crippen molar-refractivity contribution < 1.29 is 9.15 Å². The molecule has 0 radical (unpaired) electrons. The van der Waals surface area contributed by atoms with Crippen LogP contribution in [-0.4, -0.2) is 0 Å². The van der Waals surface area contributed by atoms with E-state index in [0.29, 0.717) is 28.6 Å². The first-order valence-electron chi connectivity index (χ1n) is 14.9. The molecule has 1 aromatic heterocycles. The van der Waals surface area contributed by atoms with Gasteiger partial charge in [-0.1, -0.05) is 103 Å². The van der Waals surface area contributed by atoms with Crippen molar-refractivity contribution in [3.05, 3.63) is 193 Å². The van der Waals surface area contributed by atoms with Crippen LogP contribution < -0.4 is 21.3 Å². The first-order chi connectivity index (χ1) is 22.0. The van der Waals surface area contributed by atoms with E-state index in [-0.39, 0.29) is 27.2 Å². The number of allylic oxidation sites excluding steroid dienone is 2. The quantitative estimate of drug-likeness (QED) is 0.194. The Morgan fingerprint density at radius 3 is 1.42 bits per heavy atom. The summed E-state index contributed by atoms with van der Waals surface area (Å²) in [6.45, 7) is 1.83. The summed E-state index contributed by atoms with van der Waals surface area (Å²) < 4.78 is 12.6. The first-order valence-corrected chi connectivity index (χ1v) is 14.9. The summed E-state index contributed by atoms with van der Waals surface area (Å²) in [7, 11) is 0. The summed E-state index contributed by atoms with van der Waals surface area (Å²) in [6, 6.07) is 43.0. The largest absolute Gasteiger partial charge is 0.457 e. The Bertz CT molecular complexity index is 2110. The monoisotopic (exact) mass is 585 g/mol. The van der Waals surface area contributed by atoms with E-state index < -0.39 is 0 Å². The molecule has 0 amide bonds. The fourth-order valence-corrected chi connectivity index (χ4v) is 5.64. The minimum atomic E-state index is -0.307. The summed E-state index contributed by atoms with van der Waals surface area (Å²) in [4.78, 5) is 27.3. The molecule has 0 unspecified atom stereocenters. The Morgan fingerprint density at radius 2 is 1.00 bits per heavy atom. The molecule has 1 aliphatic heterocycles. The maximum Gasteiger partial charge on any atom is 0.361 e. The molecule has 0 atom stereocenters. The second-order valence-electron chi connectivity index (χ2n) is 11.0. The molecule has 0 saturated heterocycles. The van der Waals surface area contributed by atoms with Crippen molar-refractivity contribution in [2.75, 3.05) is 0 Å². The van der Waals surface area contributed by atoms with Crippen LogP contribution in [0.25, 0.3) is 45.8 Å². The van der Waals surface area contributed by atoms with Gasteiger partial charge in [-0.3, -0.25) is 9.59 Å². The lowest BCUT2D eigenvalue weighted by Gasteiger charge is -2.21. The minimum Gasteiger partial charge on any atom is -0.457 e. The predicted octanol–water partition coefficient (Wildman–Crippen LogP) is 7.22. The van der Waals surface area contributed by atoms with Crippen molar-refractivity contribution in [2.45, 2.75) is 6.92 Å². The van der Waals surface area contributed by atoms with Gasteiger partial charge in [0.2, 0.25) is 10.9 Å². The van der Waals surface area contributed by atoms with Crippen LogP contribution in [-0.2, 0) is 4.74 Å². The van der Waals surface area contributed by atoms with Crippen LogP contribution in [0.1, 0.15) is 23.6 Å². The molecule has 216 valence electrons. The van der Waals surface area contributed by atoms with Crippen molar-refractivity contribution in [1.29, 1.82) is 0 Å². The van der Waals surface area contributed by atoms with Gasteiger partial charge < -0.3 is 4.74 Å². The summed E-state index contributed by atoms with van der Waals surface area (Å²) in [5, 5.41) is 0.396. The highest BCUT2D eigenvalue weighted by molar-refractivity contribution is 5.76. The zero-order chi connectivity index (χ0) is 30.8. The number of benzene rings is 4. The van der Waals surface area contributed by atoms with Gasteiger partial charge in [-0.25, -0.2) is 4.42 Å². The third-order valence-electron chi connectivity index (χ3n) is 8.04. The normalized spacial score (nSPS) is 13.1. The zero-order valence-electron chi connectivity index (χ0n) is 24.6. The van der Waals surface area contributed by atoms with Crippen molar-refractivity contribution in [2.24, 2.45) is 5.92 Å². The number of ether oxygens (including phenoxy) is 1. The van der Waals surface area contributed by atoms with Gasteiger partial charge in [0.15, 0.2) is 0 Å². The molecular formula is C41H29O4+. The lowest BCUT2D eigenvalue weighted by molar-refractivity contribution is 0.458. The van der Waals surface area contributed by atoms with Gasteiger partial charge in [0.25, 0.3) is 0 Å². The van der Waals surface area contributed by atoms with E-state index >= 15 is 0 Å². The smallest absolute Gasteiger partial charge is 0.361 e. The van der Waals surface area contributed by atoms with Gasteiger partial charge in [0, 0.05) is 17.0 Å². The van der Waals surface area contributed by atoms with Gasteiger partial charge in [-0.15, -0.1) is 0 Å². The van der Waals surface area contributed by atoms with Gasteiger partial charge in [0.05, 0.1) is 33.7 Å². The third-order valence-corrected chi connectivity index (χ3v) is 8.04. The molecule has 0 bridgehead atoms. The van der Waals surface area contributed by atoms with Gasteiger partial charge in [-0.05, 0) is 54.5 Å². The summed E-state index contributed by atoms with van der Waals surface area (Å²) in [5.74, 6) is 2.36. The van der Waals surface area contributed by atoms with Crippen LogP contribution in [0, 0.1) is 5.92 Å². The average molecular weight is 586 g/mol. The van der Waals surface area contributed by atoms with Gasteiger partial charge >= 0.3 is 11.5 Å². The average Bonchev–Trinajstić information content (AvgIpc) is 3.12. The van der Waals surface area contributed by atoms with Crippen LogP contribution in [0.15, 0.2) is 160 Å². The third kappa shape index (κ3) is 5.62. The lowest BCUT2D eigenvalue weighted by atomic mass is 9.95. The van der Waals surface area contributed by atoms with Crippen LogP contribution in [0.5, 0.6) is 0 Å². The summed E-state index contributed by atoms with van der Waals surface area (Å²) in [5.41, 5.74) is 4.53. The van der Waals surface area contributed by atoms with Gasteiger partial charge in [-0.2, -0.15) is 0 Å². The Labute approximate surface area is 260 Å². The molecule has 0 saturated carbocycles. The van der Waals surface area contributed by atoms with E-state index in [4.69, 9.17) is 9.15 Å². The molecule has 2 heterocycles. The zero-order valence-corrected chi connectivity index (χ0v) is 24.6. The molecule has 1 aliphatic rings. The van der Waals surface area contributed by atoms with Crippen molar-refractivity contribution in [3.8, 4) is 22.6 Å². The Balaban J connectivity index is 1.34. The van der Waals surface area contributed by atoms with E-state index in [2.05, 4.69) is 0 Å². The van der Waals surface area contributed by atoms with Gasteiger partial charge in [0.1, 0.15) is 11.5 Å². The van der Waals surface area contributed by atoms with E-state index in [1.807, 2.05) is 153 Å². The molecule has 0 spiro atoms. The number of hydrogen-bond acceptors (Lipinski definition) is 3. The molecule has 45 heavy (non-hydrogen) atoms. The van der Waals surface area contributed by atoms with Crippen molar-refractivity contribution >= 4 is 23.2 Å². The van der Waals surface area contributed by atoms with E-state index in [1.54, 1.807) is 6.08 Å². The SMILES string of the molecule is CC(c1cc(-c2ccccc2)[o+]c(-c2ccccc2)c1)=c1c(=O)c(=CC2C=C(c3ccccc3)OC(c3ccccc3)=C2)c1=O. The minimum absolute atomic E-state index is 0.191. The summed E-state index contributed by atoms with van der Waals surface area (Å²) >= 11 is 0. The lowest BCUT2D eigenvalue weighted by Crippen LogP contribution is -2.65. The molecule has 6 aromatic rings. The Kier molecular flexibility index (Phi) is 7.46. The fraction of sp³-hybridized carbons (Fsp3) is 0.0488. The first kappa shape index (κ1) is 27.9. The molecule has 4 heteroatoms. The topological polar surface area (TPSA) is 54.7 Å². The molecular weight excluding hydrogens is 556 g/mol. The van der Waals surface area contributed by atoms with Crippen LogP contribution in [0.3, 0.4) is 0 Å². The van der Waals surface area contributed by atoms with Crippen LogP contribution in [0.4, 0.5) is 0 Å². The standard InChI is InChI=1S/C41H29O4/c1-27(33-25-37(31-18-10-4-11-19-31)45-38(26-33)32-20-12-5-13-21-32)39-40(42)34(41(39)43)22-28-23-35(29-14-6-2-7-15-29)44-36(24-28)30-16-8-3-9-17-30/h2-26,28H,1H3/q+1.